The first-order chi connectivity index (χ1) is 11.6. The van der Waals surface area contributed by atoms with Crippen molar-refractivity contribution in [2.75, 3.05) is 0 Å². The first kappa shape index (κ1) is 19.6. The molecular weight excluding hydrogens is 297 g/mol. The number of aromatic nitrogens is 1. The van der Waals surface area contributed by atoms with Crippen molar-refractivity contribution in [3.63, 3.8) is 0 Å². The first-order valence-electron chi connectivity index (χ1n) is 8.30. The lowest BCUT2D eigenvalue weighted by molar-refractivity contribution is 0.627. The van der Waals surface area contributed by atoms with E-state index in [1.165, 1.54) is 28.8 Å². The zero-order valence-corrected chi connectivity index (χ0v) is 15.0. The fourth-order valence-corrected chi connectivity index (χ4v) is 1.98. The van der Waals surface area contributed by atoms with Crippen LogP contribution >= 0.6 is 0 Å². The van der Waals surface area contributed by atoms with E-state index in [9.17, 15) is 4.39 Å². The van der Waals surface area contributed by atoms with E-state index >= 15 is 0 Å². The van der Waals surface area contributed by atoms with Gasteiger partial charge < -0.3 is 0 Å². The summed E-state index contributed by atoms with van der Waals surface area (Å²) in [5, 5.41) is 0. The van der Waals surface area contributed by atoms with Gasteiger partial charge in [-0.2, -0.15) is 0 Å². The van der Waals surface area contributed by atoms with Crippen molar-refractivity contribution < 1.29 is 4.39 Å². The van der Waals surface area contributed by atoms with Crippen molar-refractivity contribution in [3.05, 3.63) is 101 Å². The van der Waals surface area contributed by atoms with E-state index in [1.54, 1.807) is 12.1 Å². The minimum Gasteiger partial charge on any atom is -0.265 e. The zero-order valence-electron chi connectivity index (χ0n) is 15.0. The number of halogens is 1. The maximum absolute atomic E-state index is 12.1. The number of nitrogens with zero attached hydrogens (tertiary/aromatic N) is 1. The molecule has 2 heteroatoms. The Morgan fingerprint density at radius 2 is 1.08 bits per heavy atom. The second kappa shape index (κ2) is 11.1. The predicted octanol–water partition coefficient (Wildman–Crippen LogP) is 6.14. The Hall–Kier alpha value is -2.48. The van der Waals surface area contributed by atoms with Crippen LogP contribution in [-0.4, -0.2) is 4.98 Å². The highest BCUT2D eigenvalue weighted by atomic mass is 19.1. The Morgan fingerprint density at radius 1 is 0.667 bits per heavy atom. The molecule has 0 unspecified atom stereocenters. The summed E-state index contributed by atoms with van der Waals surface area (Å²) >= 11 is 0. The van der Waals surface area contributed by atoms with Crippen molar-refractivity contribution in [3.8, 4) is 0 Å². The van der Waals surface area contributed by atoms with Crippen molar-refractivity contribution in [2.45, 2.75) is 34.1 Å². The molecule has 0 radical (unpaired) electrons. The minimum absolute atomic E-state index is 0.171. The summed E-state index contributed by atoms with van der Waals surface area (Å²) in [5.74, 6) is -0.171. The van der Waals surface area contributed by atoms with E-state index in [0.717, 1.165) is 12.0 Å². The average molecular weight is 323 g/mol. The van der Waals surface area contributed by atoms with Gasteiger partial charge in [-0.1, -0.05) is 61.4 Å². The molecule has 0 N–H and O–H groups in total. The predicted molar refractivity (Wildman–Crippen MR) is 101 cm³/mol. The smallest absolute Gasteiger partial charge is 0.123 e. The molecule has 0 aliphatic rings. The van der Waals surface area contributed by atoms with Crippen LogP contribution in [0, 0.1) is 19.7 Å². The quantitative estimate of drug-likeness (QED) is 0.552. The molecular formula is C22H26FN. The molecule has 0 aliphatic carbocycles. The standard InChI is InChI=1S/C13H13N.C7H7F.C2H6/c1-11-2-4-12(5-3-11)10-13-6-8-14-9-7-13;1-6-2-4-7(8)5-3-6;1-2/h2-9H,10H2,1H3;2-5H,1H3;1-2H3. The molecule has 0 fully saturated rings. The fourth-order valence-electron chi connectivity index (χ4n) is 1.98. The molecule has 1 aromatic heterocycles. The third kappa shape index (κ3) is 7.68. The van der Waals surface area contributed by atoms with Crippen LogP contribution in [-0.2, 0) is 6.42 Å². The maximum atomic E-state index is 12.1. The van der Waals surface area contributed by atoms with E-state index in [2.05, 4.69) is 48.3 Å². The van der Waals surface area contributed by atoms with E-state index in [-0.39, 0.29) is 5.82 Å². The first-order valence-corrected chi connectivity index (χ1v) is 8.30. The summed E-state index contributed by atoms with van der Waals surface area (Å²) in [6.07, 6.45) is 4.66. The third-order valence-corrected chi connectivity index (χ3v) is 3.29. The Balaban J connectivity index is 0.000000245. The molecule has 2 aromatic carbocycles. The number of benzene rings is 2. The molecule has 0 aliphatic heterocycles. The van der Waals surface area contributed by atoms with Crippen molar-refractivity contribution in [1.29, 1.82) is 0 Å². The third-order valence-electron chi connectivity index (χ3n) is 3.29. The number of hydrogen-bond acceptors (Lipinski definition) is 1. The van der Waals surface area contributed by atoms with Crippen LogP contribution in [0.4, 0.5) is 4.39 Å². The van der Waals surface area contributed by atoms with Gasteiger partial charge in [0.05, 0.1) is 0 Å². The summed E-state index contributed by atoms with van der Waals surface area (Å²) in [6, 6.07) is 19.2. The maximum Gasteiger partial charge on any atom is 0.123 e. The van der Waals surface area contributed by atoms with Crippen LogP contribution < -0.4 is 0 Å². The van der Waals surface area contributed by atoms with Crippen LogP contribution in [0.1, 0.15) is 36.1 Å². The van der Waals surface area contributed by atoms with Gasteiger partial charge in [-0.05, 0) is 55.7 Å². The van der Waals surface area contributed by atoms with Gasteiger partial charge in [-0.15, -0.1) is 0 Å². The number of rotatable bonds is 2. The molecule has 1 heterocycles. The normalized spacial score (nSPS) is 9.21. The highest BCUT2D eigenvalue weighted by molar-refractivity contribution is 5.27. The molecule has 0 saturated carbocycles. The monoisotopic (exact) mass is 323 g/mol. The summed E-state index contributed by atoms with van der Waals surface area (Å²) in [6.45, 7) is 8.04. The van der Waals surface area contributed by atoms with E-state index in [1.807, 2.05) is 33.2 Å². The van der Waals surface area contributed by atoms with Gasteiger partial charge in [-0.3, -0.25) is 4.98 Å². The molecule has 3 rings (SSSR count). The topological polar surface area (TPSA) is 12.9 Å². The summed E-state index contributed by atoms with van der Waals surface area (Å²) in [4.78, 5) is 4.00. The van der Waals surface area contributed by atoms with Gasteiger partial charge in [0.15, 0.2) is 0 Å². The SMILES string of the molecule is CC.Cc1ccc(Cc2ccncc2)cc1.Cc1ccc(F)cc1. The fraction of sp³-hybridized carbons (Fsp3) is 0.227. The van der Waals surface area contributed by atoms with E-state index in [0.29, 0.717) is 0 Å². The minimum atomic E-state index is -0.171. The largest absolute Gasteiger partial charge is 0.265 e. The Labute approximate surface area is 145 Å². The molecule has 0 amide bonds. The molecule has 1 nitrogen and oxygen atoms in total. The lowest BCUT2D eigenvalue weighted by Gasteiger charge is -2.01. The number of hydrogen-bond donors (Lipinski definition) is 0. The second-order valence-electron chi connectivity index (χ2n) is 5.31. The highest BCUT2D eigenvalue weighted by Gasteiger charge is 1.94. The van der Waals surface area contributed by atoms with Gasteiger partial charge in [0, 0.05) is 12.4 Å². The van der Waals surface area contributed by atoms with Crippen LogP contribution in [0.3, 0.4) is 0 Å². The lowest BCUT2D eigenvalue weighted by atomic mass is 10.1. The Bertz CT molecular complexity index is 652. The van der Waals surface area contributed by atoms with Crippen molar-refractivity contribution >= 4 is 0 Å². The average Bonchev–Trinajstić information content (AvgIpc) is 2.63. The van der Waals surface area contributed by atoms with E-state index in [4.69, 9.17) is 0 Å². The lowest BCUT2D eigenvalue weighted by Crippen LogP contribution is -1.87. The van der Waals surface area contributed by atoms with Gasteiger partial charge >= 0.3 is 0 Å². The van der Waals surface area contributed by atoms with E-state index < -0.39 is 0 Å². The summed E-state index contributed by atoms with van der Waals surface area (Å²) in [5.41, 5.74) is 5.06. The summed E-state index contributed by atoms with van der Waals surface area (Å²) < 4.78 is 12.1. The molecule has 0 saturated heterocycles. The number of pyridine rings is 1. The molecule has 0 atom stereocenters. The van der Waals surface area contributed by atoms with Crippen LogP contribution in [0.2, 0.25) is 0 Å². The molecule has 0 bridgehead atoms. The molecule has 126 valence electrons. The molecule has 24 heavy (non-hydrogen) atoms. The Morgan fingerprint density at radius 3 is 1.54 bits per heavy atom. The zero-order chi connectivity index (χ0) is 17.8. The van der Waals surface area contributed by atoms with Gasteiger partial charge in [0.1, 0.15) is 5.82 Å². The molecule has 3 aromatic rings. The summed E-state index contributed by atoms with van der Waals surface area (Å²) in [7, 11) is 0. The van der Waals surface area contributed by atoms with Crippen LogP contribution in [0.15, 0.2) is 73.1 Å². The van der Waals surface area contributed by atoms with Gasteiger partial charge in [0.2, 0.25) is 0 Å². The van der Waals surface area contributed by atoms with Crippen LogP contribution in [0.5, 0.6) is 0 Å². The Kier molecular flexibility index (Phi) is 9.06. The van der Waals surface area contributed by atoms with Crippen molar-refractivity contribution in [2.24, 2.45) is 0 Å². The van der Waals surface area contributed by atoms with Gasteiger partial charge in [0.25, 0.3) is 0 Å². The second-order valence-corrected chi connectivity index (χ2v) is 5.31. The molecule has 0 spiro atoms. The van der Waals surface area contributed by atoms with Gasteiger partial charge in [-0.25, -0.2) is 4.39 Å². The van der Waals surface area contributed by atoms with Crippen molar-refractivity contribution in [1.82, 2.24) is 4.98 Å². The number of aryl methyl sites for hydroxylation is 2. The van der Waals surface area contributed by atoms with Crippen LogP contribution in [0.25, 0.3) is 0 Å². The highest BCUT2D eigenvalue weighted by Crippen LogP contribution is 2.09.